The van der Waals surface area contributed by atoms with Crippen LogP contribution in [0.25, 0.3) is 0 Å². The van der Waals surface area contributed by atoms with Crippen molar-refractivity contribution in [3.8, 4) is 5.75 Å². The molecule has 2 aromatic carbocycles. The molecule has 19 heavy (non-hydrogen) atoms. The van der Waals surface area contributed by atoms with Crippen LogP contribution < -0.4 is 10.1 Å². The Morgan fingerprint density at radius 3 is 2.42 bits per heavy atom. The molecule has 0 aromatic heterocycles. The Hall–Kier alpha value is -1.58. The highest BCUT2D eigenvalue weighted by atomic mass is 35.5. The van der Waals surface area contributed by atoms with E-state index in [0.29, 0.717) is 12.4 Å². The first-order chi connectivity index (χ1) is 9.19. The second kappa shape index (κ2) is 6.55. The van der Waals surface area contributed by atoms with Gasteiger partial charge in [-0.15, -0.1) is 0 Å². The lowest BCUT2D eigenvalue weighted by Gasteiger charge is -2.08. The minimum Gasteiger partial charge on any atom is -0.487 e. The average Bonchev–Trinajstić information content (AvgIpc) is 2.40. The minimum absolute atomic E-state index is 0.284. The molecule has 2 aromatic rings. The average molecular weight is 280 g/mol. The Kier molecular flexibility index (Phi) is 4.77. The van der Waals surface area contributed by atoms with E-state index in [9.17, 15) is 4.39 Å². The fraction of sp³-hybridized carbons (Fsp3) is 0.200. The maximum Gasteiger partial charge on any atom is 0.138 e. The van der Waals surface area contributed by atoms with E-state index in [1.165, 1.54) is 23.8 Å². The third-order valence-electron chi connectivity index (χ3n) is 2.69. The molecule has 0 aliphatic heterocycles. The van der Waals surface area contributed by atoms with Crippen LogP contribution in [-0.4, -0.2) is 7.05 Å². The van der Waals surface area contributed by atoms with Crippen LogP contribution in [0.15, 0.2) is 42.5 Å². The van der Waals surface area contributed by atoms with Crippen LogP contribution in [0.2, 0.25) is 5.02 Å². The molecule has 0 aliphatic rings. The molecule has 1 N–H and O–H groups in total. The number of ether oxygens (including phenoxy) is 1. The molecule has 0 aliphatic carbocycles. The third-order valence-corrected chi connectivity index (χ3v) is 2.99. The molecule has 100 valence electrons. The summed E-state index contributed by atoms with van der Waals surface area (Å²) < 4.78 is 18.4. The van der Waals surface area contributed by atoms with Crippen molar-refractivity contribution in [1.82, 2.24) is 5.32 Å². The molecule has 0 amide bonds. The molecule has 0 radical (unpaired) electrons. The van der Waals surface area contributed by atoms with E-state index in [1.54, 1.807) is 0 Å². The van der Waals surface area contributed by atoms with Gasteiger partial charge in [-0.1, -0.05) is 35.9 Å². The highest BCUT2D eigenvalue weighted by Crippen LogP contribution is 2.25. The maximum atomic E-state index is 12.9. The van der Waals surface area contributed by atoms with E-state index in [0.717, 1.165) is 12.1 Å². The first-order valence-corrected chi connectivity index (χ1v) is 6.37. The summed E-state index contributed by atoms with van der Waals surface area (Å²) in [5.74, 6) is 0.121. The Morgan fingerprint density at radius 1 is 1.11 bits per heavy atom. The number of halogens is 2. The molecule has 0 unspecified atom stereocenters. The van der Waals surface area contributed by atoms with Gasteiger partial charge in [0.1, 0.15) is 18.2 Å². The summed E-state index contributed by atoms with van der Waals surface area (Å²) in [7, 11) is 1.91. The standard InChI is InChI=1S/C15H15ClFNO/c1-18-9-11-2-4-12(5-3-11)10-19-15-7-6-13(17)8-14(15)16/h2-8,18H,9-10H2,1H3. The van der Waals surface area contributed by atoms with E-state index in [1.807, 2.05) is 31.3 Å². The fourth-order valence-electron chi connectivity index (χ4n) is 1.71. The van der Waals surface area contributed by atoms with E-state index in [2.05, 4.69) is 5.32 Å². The van der Waals surface area contributed by atoms with Gasteiger partial charge in [0.15, 0.2) is 0 Å². The fourth-order valence-corrected chi connectivity index (χ4v) is 1.93. The van der Waals surface area contributed by atoms with E-state index >= 15 is 0 Å². The van der Waals surface area contributed by atoms with Gasteiger partial charge in [-0.25, -0.2) is 4.39 Å². The van der Waals surface area contributed by atoms with Gasteiger partial charge < -0.3 is 10.1 Å². The quantitative estimate of drug-likeness (QED) is 0.899. The third kappa shape index (κ3) is 3.94. The summed E-state index contributed by atoms with van der Waals surface area (Å²) >= 11 is 5.89. The lowest BCUT2D eigenvalue weighted by atomic mass is 10.1. The summed E-state index contributed by atoms with van der Waals surface area (Å²) in [4.78, 5) is 0. The zero-order chi connectivity index (χ0) is 13.7. The Morgan fingerprint density at radius 2 is 1.79 bits per heavy atom. The van der Waals surface area contributed by atoms with Crippen molar-refractivity contribution in [3.05, 3.63) is 64.4 Å². The lowest BCUT2D eigenvalue weighted by molar-refractivity contribution is 0.306. The monoisotopic (exact) mass is 279 g/mol. The van der Waals surface area contributed by atoms with Gasteiger partial charge in [0, 0.05) is 6.54 Å². The van der Waals surface area contributed by atoms with E-state index in [4.69, 9.17) is 16.3 Å². The van der Waals surface area contributed by atoms with Crippen LogP contribution >= 0.6 is 11.6 Å². The zero-order valence-electron chi connectivity index (χ0n) is 10.6. The summed E-state index contributed by atoms with van der Waals surface area (Å²) in [6, 6.07) is 12.2. The lowest BCUT2D eigenvalue weighted by Crippen LogP contribution is -2.05. The van der Waals surface area contributed by atoms with Crippen LogP contribution in [0.4, 0.5) is 4.39 Å². The summed E-state index contributed by atoms with van der Waals surface area (Å²) in [6.45, 7) is 1.25. The van der Waals surface area contributed by atoms with Crippen molar-refractivity contribution in [2.75, 3.05) is 7.05 Å². The van der Waals surface area contributed by atoms with Crippen molar-refractivity contribution in [1.29, 1.82) is 0 Å². The molecule has 0 bridgehead atoms. The smallest absolute Gasteiger partial charge is 0.138 e. The number of rotatable bonds is 5. The van der Waals surface area contributed by atoms with Crippen LogP contribution in [0.1, 0.15) is 11.1 Å². The normalized spacial score (nSPS) is 10.5. The number of hydrogen-bond donors (Lipinski definition) is 1. The van der Waals surface area contributed by atoms with Crippen molar-refractivity contribution in [2.45, 2.75) is 13.2 Å². The number of nitrogens with one attached hydrogen (secondary N) is 1. The van der Waals surface area contributed by atoms with Gasteiger partial charge >= 0.3 is 0 Å². The van der Waals surface area contributed by atoms with Gasteiger partial charge in [-0.05, 0) is 36.4 Å². The molecule has 0 atom stereocenters. The van der Waals surface area contributed by atoms with E-state index < -0.39 is 0 Å². The summed E-state index contributed by atoms with van der Waals surface area (Å²) in [6.07, 6.45) is 0. The van der Waals surface area contributed by atoms with Crippen LogP contribution in [0, 0.1) is 5.82 Å². The zero-order valence-corrected chi connectivity index (χ0v) is 11.4. The van der Waals surface area contributed by atoms with Crippen molar-refractivity contribution in [2.24, 2.45) is 0 Å². The predicted octanol–water partition coefficient (Wildman–Crippen LogP) is 3.78. The molecule has 0 fully saturated rings. The molecule has 0 spiro atoms. The van der Waals surface area contributed by atoms with Gasteiger partial charge in [0.25, 0.3) is 0 Å². The first kappa shape index (κ1) is 13.8. The molecule has 0 saturated carbocycles. The molecular weight excluding hydrogens is 265 g/mol. The summed E-state index contributed by atoms with van der Waals surface area (Å²) in [5, 5.41) is 3.37. The minimum atomic E-state index is -0.367. The first-order valence-electron chi connectivity index (χ1n) is 5.99. The molecule has 2 rings (SSSR count). The largest absolute Gasteiger partial charge is 0.487 e. The summed E-state index contributed by atoms with van der Waals surface area (Å²) in [5.41, 5.74) is 2.26. The second-order valence-electron chi connectivity index (χ2n) is 4.21. The molecule has 4 heteroatoms. The predicted molar refractivity (Wildman–Crippen MR) is 74.9 cm³/mol. The van der Waals surface area contributed by atoms with Gasteiger partial charge in [0.2, 0.25) is 0 Å². The van der Waals surface area contributed by atoms with Crippen molar-refractivity contribution in [3.63, 3.8) is 0 Å². The van der Waals surface area contributed by atoms with Crippen LogP contribution in [0.5, 0.6) is 5.75 Å². The highest BCUT2D eigenvalue weighted by Gasteiger charge is 2.03. The topological polar surface area (TPSA) is 21.3 Å². The van der Waals surface area contributed by atoms with Crippen molar-refractivity contribution < 1.29 is 9.13 Å². The number of benzene rings is 2. The molecular formula is C15H15ClFNO. The highest BCUT2D eigenvalue weighted by molar-refractivity contribution is 6.32. The maximum absolute atomic E-state index is 12.9. The van der Waals surface area contributed by atoms with E-state index in [-0.39, 0.29) is 10.8 Å². The Bertz CT molecular complexity index is 542. The Labute approximate surface area is 117 Å². The Balaban J connectivity index is 1.98. The van der Waals surface area contributed by atoms with Gasteiger partial charge in [-0.3, -0.25) is 0 Å². The van der Waals surface area contributed by atoms with Gasteiger partial charge in [-0.2, -0.15) is 0 Å². The van der Waals surface area contributed by atoms with Crippen LogP contribution in [-0.2, 0) is 13.2 Å². The van der Waals surface area contributed by atoms with Crippen LogP contribution in [0.3, 0.4) is 0 Å². The SMILES string of the molecule is CNCc1ccc(COc2ccc(F)cc2Cl)cc1. The molecule has 0 saturated heterocycles. The van der Waals surface area contributed by atoms with Gasteiger partial charge in [0.05, 0.1) is 5.02 Å². The molecule has 2 nitrogen and oxygen atoms in total. The second-order valence-corrected chi connectivity index (χ2v) is 4.62. The molecule has 0 heterocycles. The number of hydrogen-bond acceptors (Lipinski definition) is 2. The van der Waals surface area contributed by atoms with Crippen molar-refractivity contribution >= 4 is 11.6 Å².